The van der Waals surface area contributed by atoms with Gasteiger partial charge in [0.05, 0.1) is 0 Å². The molecule has 126 valence electrons. The number of hydrogen-bond acceptors (Lipinski definition) is 4. The molecule has 4 N–H and O–H groups in total. The van der Waals surface area contributed by atoms with Crippen molar-refractivity contribution in [3.63, 3.8) is 0 Å². The van der Waals surface area contributed by atoms with E-state index in [-0.39, 0.29) is 23.6 Å². The molecule has 1 atom stereocenters. The molecule has 1 saturated carbocycles. The SMILES string of the molecule is NCC(NC(=O)c1cccc(NC(=O)c2ccc(Br)o2)c1)C1CC1. The van der Waals surface area contributed by atoms with Crippen LogP contribution in [0.5, 0.6) is 0 Å². The van der Waals surface area contributed by atoms with Gasteiger partial charge in [0.2, 0.25) is 0 Å². The Hall–Kier alpha value is -2.12. The number of benzene rings is 1. The number of nitrogens with one attached hydrogen (secondary N) is 2. The maximum atomic E-state index is 12.4. The molecule has 6 nitrogen and oxygen atoms in total. The molecule has 0 bridgehead atoms. The summed E-state index contributed by atoms with van der Waals surface area (Å²) in [6.07, 6.45) is 2.22. The Morgan fingerprint density at radius 1 is 1.25 bits per heavy atom. The van der Waals surface area contributed by atoms with Gasteiger partial charge in [-0.3, -0.25) is 9.59 Å². The highest BCUT2D eigenvalue weighted by molar-refractivity contribution is 9.10. The first-order valence-corrected chi connectivity index (χ1v) is 8.54. The second kappa shape index (κ2) is 7.19. The van der Waals surface area contributed by atoms with Crippen LogP contribution in [0.3, 0.4) is 0 Å². The number of halogens is 1. The number of carbonyl (C=O) groups excluding carboxylic acids is 2. The summed E-state index contributed by atoms with van der Waals surface area (Å²) in [5, 5.41) is 5.67. The number of hydrogen-bond donors (Lipinski definition) is 3. The molecule has 1 unspecified atom stereocenters. The topological polar surface area (TPSA) is 97.4 Å². The number of furan rings is 1. The Kier molecular flexibility index (Phi) is 5.01. The van der Waals surface area contributed by atoms with Crippen LogP contribution < -0.4 is 16.4 Å². The molecular weight excluding hydrogens is 374 g/mol. The van der Waals surface area contributed by atoms with Crippen LogP contribution in [0.15, 0.2) is 45.5 Å². The van der Waals surface area contributed by atoms with Crippen molar-refractivity contribution in [1.29, 1.82) is 0 Å². The van der Waals surface area contributed by atoms with Crippen LogP contribution in [0, 0.1) is 5.92 Å². The van der Waals surface area contributed by atoms with Gasteiger partial charge in [0, 0.05) is 23.8 Å². The molecule has 0 saturated heterocycles. The molecule has 7 heteroatoms. The summed E-state index contributed by atoms with van der Waals surface area (Å²) in [7, 11) is 0. The molecule has 1 aliphatic carbocycles. The number of carbonyl (C=O) groups is 2. The van der Waals surface area contributed by atoms with Crippen LogP contribution in [0.25, 0.3) is 0 Å². The van der Waals surface area contributed by atoms with E-state index in [1.165, 1.54) is 0 Å². The predicted molar refractivity (Wildman–Crippen MR) is 93.8 cm³/mol. The molecule has 2 aromatic rings. The van der Waals surface area contributed by atoms with Gasteiger partial charge in [-0.2, -0.15) is 0 Å². The Labute approximate surface area is 147 Å². The lowest BCUT2D eigenvalue weighted by Crippen LogP contribution is -2.41. The van der Waals surface area contributed by atoms with Crippen LogP contribution >= 0.6 is 15.9 Å². The van der Waals surface area contributed by atoms with Crippen molar-refractivity contribution in [3.05, 3.63) is 52.4 Å². The van der Waals surface area contributed by atoms with E-state index in [2.05, 4.69) is 26.6 Å². The first-order chi connectivity index (χ1) is 11.6. The second-order valence-electron chi connectivity index (χ2n) is 5.79. The van der Waals surface area contributed by atoms with Gasteiger partial charge in [-0.25, -0.2) is 0 Å². The largest absolute Gasteiger partial charge is 0.444 e. The van der Waals surface area contributed by atoms with Gasteiger partial charge in [-0.1, -0.05) is 6.07 Å². The Morgan fingerprint density at radius 2 is 2.04 bits per heavy atom. The van der Waals surface area contributed by atoms with E-state index in [4.69, 9.17) is 10.2 Å². The Morgan fingerprint density at radius 3 is 2.67 bits per heavy atom. The highest BCUT2D eigenvalue weighted by Crippen LogP contribution is 2.32. The second-order valence-corrected chi connectivity index (χ2v) is 6.57. The van der Waals surface area contributed by atoms with Crippen molar-refractivity contribution < 1.29 is 14.0 Å². The zero-order valence-corrected chi connectivity index (χ0v) is 14.5. The van der Waals surface area contributed by atoms with E-state index in [0.717, 1.165) is 12.8 Å². The summed E-state index contributed by atoms with van der Waals surface area (Å²) in [6.45, 7) is 0.431. The zero-order valence-electron chi connectivity index (χ0n) is 12.9. The Bertz CT molecular complexity index is 755. The molecule has 0 radical (unpaired) electrons. The molecular formula is C17H18BrN3O3. The van der Waals surface area contributed by atoms with Crippen LogP contribution in [0.1, 0.15) is 33.8 Å². The summed E-state index contributed by atoms with van der Waals surface area (Å²) < 4.78 is 5.69. The molecule has 3 rings (SSSR count). The van der Waals surface area contributed by atoms with Crippen molar-refractivity contribution in [1.82, 2.24) is 5.32 Å². The van der Waals surface area contributed by atoms with Gasteiger partial charge in [0.15, 0.2) is 10.4 Å². The maximum absolute atomic E-state index is 12.4. The van der Waals surface area contributed by atoms with Gasteiger partial charge in [0.25, 0.3) is 11.8 Å². The quantitative estimate of drug-likeness (QED) is 0.704. The van der Waals surface area contributed by atoms with E-state index in [0.29, 0.717) is 28.4 Å². The molecule has 1 aliphatic rings. The number of nitrogens with two attached hydrogens (primary N) is 1. The number of anilines is 1. The fraction of sp³-hybridized carbons (Fsp3) is 0.294. The van der Waals surface area contributed by atoms with Gasteiger partial charge in [-0.05, 0) is 65.0 Å². The average Bonchev–Trinajstić information content (AvgIpc) is 3.33. The van der Waals surface area contributed by atoms with E-state index >= 15 is 0 Å². The minimum absolute atomic E-state index is 0.0104. The lowest BCUT2D eigenvalue weighted by molar-refractivity contribution is 0.0932. The predicted octanol–water partition coefficient (Wildman–Crippen LogP) is 2.76. The highest BCUT2D eigenvalue weighted by atomic mass is 79.9. The summed E-state index contributed by atoms with van der Waals surface area (Å²) >= 11 is 3.15. The lowest BCUT2D eigenvalue weighted by atomic mass is 10.1. The van der Waals surface area contributed by atoms with Crippen molar-refractivity contribution in [3.8, 4) is 0 Å². The van der Waals surface area contributed by atoms with Gasteiger partial charge in [0.1, 0.15) is 0 Å². The first kappa shape index (κ1) is 16.7. The fourth-order valence-electron chi connectivity index (χ4n) is 2.49. The molecule has 1 aromatic heterocycles. The molecule has 0 aliphatic heterocycles. The standard InChI is InChI=1S/C17H18BrN3O3/c18-15-7-6-14(24-15)17(23)20-12-3-1-2-11(8-12)16(22)21-13(9-19)10-4-5-10/h1-3,6-8,10,13H,4-5,9,19H2,(H,20,23)(H,21,22). The minimum Gasteiger partial charge on any atom is -0.444 e. The van der Waals surface area contributed by atoms with Gasteiger partial charge < -0.3 is 20.8 Å². The summed E-state index contributed by atoms with van der Waals surface area (Å²) in [4.78, 5) is 24.4. The van der Waals surface area contributed by atoms with Crippen LogP contribution in [-0.2, 0) is 0 Å². The normalized spacial score (nSPS) is 14.9. The molecule has 2 amide bonds. The van der Waals surface area contributed by atoms with Crippen LogP contribution in [0.2, 0.25) is 0 Å². The van der Waals surface area contributed by atoms with Crippen molar-refractivity contribution in [2.75, 3.05) is 11.9 Å². The average molecular weight is 392 g/mol. The van der Waals surface area contributed by atoms with Gasteiger partial charge >= 0.3 is 0 Å². The van der Waals surface area contributed by atoms with Crippen LogP contribution in [-0.4, -0.2) is 24.4 Å². The number of rotatable bonds is 6. The first-order valence-electron chi connectivity index (χ1n) is 7.74. The highest BCUT2D eigenvalue weighted by Gasteiger charge is 2.31. The fourth-order valence-corrected chi connectivity index (χ4v) is 2.79. The molecule has 1 aromatic carbocycles. The monoisotopic (exact) mass is 391 g/mol. The third-order valence-corrected chi connectivity index (χ3v) is 4.37. The minimum atomic E-state index is -0.379. The van der Waals surface area contributed by atoms with E-state index in [1.54, 1.807) is 36.4 Å². The third-order valence-electron chi connectivity index (χ3n) is 3.94. The summed E-state index contributed by atoms with van der Waals surface area (Å²) in [5.74, 6) is 0.109. The Balaban J connectivity index is 1.67. The van der Waals surface area contributed by atoms with E-state index < -0.39 is 0 Å². The van der Waals surface area contributed by atoms with Crippen molar-refractivity contribution in [2.45, 2.75) is 18.9 Å². The third kappa shape index (κ3) is 4.04. The van der Waals surface area contributed by atoms with E-state index in [9.17, 15) is 9.59 Å². The molecule has 24 heavy (non-hydrogen) atoms. The molecule has 0 spiro atoms. The zero-order chi connectivity index (χ0) is 17.1. The number of amides is 2. The molecule has 1 fully saturated rings. The van der Waals surface area contributed by atoms with E-state index in [1.807, 2.05) is 0 Å². The van der Waals surface area contributed by atoms with Crippen molar-refractivity contribution in [2.24, 2.45) is 11.7 Å². The smallest absolute Gasteiger partial charge is 0.291 e. The lowest BCUT2D eigenvalue weighted by Gasteiger charge is -2.16. The van der Waals surface area contributed by atoms with Crippen molar-refractivity contribution >= 4 is 33.4 Å². The van der Waals surface area contributed by atoms with Crippen LogP contribution in [0.4, 0.5) is 5.69 Å². The van der Waals surface area contributed by atoms with Gasteiger partial charge in [-0.15, -0.1) is 0 Å². The summed E-state index contributed by atoms with van der Waals surface area (Å²) in [6, 6.07) is 9.99. The molecule has 1 heterocycles. The maximum Gasteiger partial charge on any atom is 0.291 e. The summed E-state index contributed by atoms with van der Waals surface area (Å²) in [5.41, 5.74) is 6.72.